The summed E-state index contributed by atoms with van der Waals surface area (Å²) in [4.78, 5) is 14.1. The molecule has 5 nitrogen and oxygen atoms in total. The summed E-state index contributed by atoms with van der Waals surface area (Å²) in [5.41, 5.74) is 0.0780. The Morgan fingerprint density at radius 3 is 2.29 bits per heavy atom. The second-order valence-electron chi connectivity index (χ2n) is 9.48. The Balaban J connectivity index is 1.74. The van der Waals surface area contributed by atoms with E-state index in [0.29, 0.717) is 13.1 Å². The molecule has 0 bridgehead atoms. The molecule has 0 aromatic heterocycles. The first kappa shape index (κ1) is 17.8. The number of nitrogens with zero attached hydrogens (tertiary/aromatic N) is 1. The van der Waals surface area contributed by atoms with Crippen molar-refractivity contribution in [2.45, 2.75) is 78.1 Å². The summed E-state index contributed by atoms with van der Waals surface area (Å²) in [7, 11) is -0.307. The van der Waals surface area contributed by atoms with Crippen LogP contribution >= 0.6 is 0 Å². The topological polar surface area (TPSA) is 48.0 Å². The first-order valence-electron chi connectivity index (χ1n) is 8.89. The molecular formula is C18H30BNO4. The molecule has 2 fully saturated rings. The minimum absolute atomic E-state index is 0.114. The van der Waals surface area contributed by atoms with Gasteiger partial charge >= 0.3 is 13.2 Å². The van der Waals surface area contributed by atoms with E-state index in [2.05, 4.69) is 33.8 Å². The minimum atomic E-state index is -0.481. The van der Waals surface area contributed by atoms with E-state index in [1.807, 2.05) is 20.8 Å². The average Bonchev–Trinajstić information content (AvgIpc) is 3.10. The van der Waals surface area contributed by atoms with Gasteiger partial charge in [0, 0.05) is 18.5 Å². The van der Waals surface area contributed by atoms with Crippen molar-refractivity contribution < 1.29 is 18.8 Å². The van der Waals surface area contributed by atoms with Gasteiger partial charge in [-0.15, -0.1) is 0 Å². The van der Waals surface area contributed by atoms with E-state index >= 15 is 0 Å². The molecule has 1 aliphatic carbocycles. The van der Waals surface area contributed by atoms with Crippen molar-refractivity contribution in [1.82, 2.24) is 4.90 Å². The molecule has 1 saturated heterocycles. The Bertz CT molecular complexity index is 566. The van der Waals surface area contributed by atoms with Gasteiger partial charge in [0.2, 0.25) is 0 Å². The summed E-state index contributed by atoms with van der Waals surface area (Å²) in [6.45, 7) is 15.3. The lowest BCUT2D eigenvalue weighted by Gasteiger charge is -2.39. The molecule has 2 aliphatic heterocycles. The van der Waals surface area contributed by atoms with E-state index in [0.717, 1.165) is 18.3 Å². The van der Waals surface area contributed by atoms with Crippen LogP contribution in [-0.2, 0) is 14.0 Å². The van der Waals surface area contributed by atoms with Crippen molar-refractivity contribution in [3.05, 3.63) is 11.5 Å². The standard InChI is InChI=1S/C18H30BNO4/c1-15(2,3)22-14(21)20-11-8-13(16(4,5)12-20)19-23-17(6,7)18(24-19)9-10-18/h8H,9-12H2,1-7H3. The van der Waals surface area contributed by atoms with Gasteiger partial charge in [-0.05, 0) is 52.9 Å². The van der Waals surface area contributed by atoms with Crippen LogP contribution in [0.25, 0.3) is 0 Å². The molecule has 1 saturated carbocycles. The van der Waals surface area contributed by atoms with Crippen molar-refractivity contribution in [3.63, 3.8) is 0 Å². The Morgan fingerprint density at radius 1 is 1.21 bits per heavy atom. The Hall–Kier alpha value is -1.01. The van der Waals surface area contributed by atoms with Gasteiger partial charge < -0.3 is 18.9 Å². The molecule has 0 aromatic carbocycles. The van der Waals surface area contributed by atoms with Gasteiger partial charge in [-0.25, -0.2) is 4.79 Å². The quantitative estimate of drug-likeness (QED) is 0.687. The van der Waals surface area contributed by atoms with Crippen molar-refractivity contribution >= 4 is 13.2 Å². The zero-order valence-electron chi connectivity index (χ0n) is 16.1. The van der Waals surface area contributed by atoms with Crippen LogP contribution in [0.4, 0.5) is 4.79 Å². The predicted octanol–water partition coefficient (Wildman–Crippen LogP) is 3.58. The van der Waals surface area contributed by atoms with E-state index < -0.39 is 5.60 Å². The molecule has 0 N–H and O–H groups in total. The molecule has 3 rings (SSSR count). The van der Waals surface area contributed by atoms with Crippen molar-refractivity contribution in [1.29, 1.82) is 0 Å². The monoisotopic (exact) mass is 335 g/mol. The van der Waals surface area contributed by atoms with Gasteiger partial charge in [-0.3, -0.25) is 0 Å². The van der Waals surface area contributed by atoms with Gasteiger partial charge in [0.15, 0.2) is 0 Å². The summed E-state index contributed by atoms with van der Waals surface area (Å²) in [6, 6.07) is 0. The van der Waals surface area contributed by atoms with Gasteiger partial charge in [0.1, 0.15) is 5.60 Å². The third kappa shape index (κ3) is 3.10. The average molecular weight is 335 g/mol. The van der Waals surface area contributed by atoms with Gasteiger partial charge in [0.25, 0.3) is 0 Å². The van der Waals surface area contributed by atoms with E-state index in [9.17, 15) is 4.79 Å². The molecule has 0 aromatic rings. The number of ether oxygens (including phenoxy) is 1. The summed E-state index contributed by atoms with van der Waals surface area (Å²) >= 11 is 0. The van der Waals surface area contributed by atoms with Crippen LogP contribution in [0.5, 0.6) is 0 Å². The Kier molecular flexibility index (Phi) is 3.89. The molecule has 0 unspecified atom stereocenters. The highest BCUT2D eigenvalue weighted by Gasteiger charge is 2.65. The lowest BCUT2D eigenvalue weighted by molar-refractivity contribution is 0.0205. The molecule has 134 valence electrons. The summed E-state index contributed by atoms with van der Waals surface area (Å²) in [5, 5.41) is 0. The highest BCUT2D eigenvalue weighted by Crippen LogP contribution is 2.56. The summed E-state index contributed by atoms with van der Waals surface area (Å²) < 4.78 is 18.1. The van der Waals surface area contributed by atoms with Gasteiger partial charge in [0.05, 0.1) is 11.2 Å². The summed E-state index contributed by atoms with van der Waals surface area (Å²) in [6.07, 6.45) is 3.94. The number of hydrogen-bond acceptors (Lipinski definition) is 4. The van der Waals surface area contributed by atoms with Crippen molar-refractivity contribution in [3.8, 4) is 0 Å². The number of rotatable bonds is 1. The third-order valence-corrected chi connectivity index (χ3v) is 5.34. The fraction of sp³-hybridized carbons (Fsp3) is 0.833. The second-order valence-corrected chi connectivity index (χ2v) is 9.48. The van der Waals surface area contributed by atoms with Crippen LogP contribution < -0.4 is 0 Å². The van der Waals surface area contributed by atoms with E-state index in [1.165, 1.54) is 0 Å². The zero-order chi connectivity index (χ0) is 18.0. The minimum Gasteiger partial charge on any atom is -0.444 e. The van der Waals surface area contributed by atoms with Crippen molar-refractivity contribution in [2.75, 3.05) is 13.1 Å². The molecular weight excluding hydrogens is 305 g/mol. The fourth-order valence-electron chi connectivity index (χ4n) is 3.70. The predicted molar refractivity (Wildman–Crippen MR) is 93.6 cm³/mol. The maximum Gasteiger partial charge on any atom is 0.490 e. The van der Waals surface area contributed by atoms with E-state index in [1.54, 1.807) is 4.90 Å². The second kappa shape index (κ2) is 5.24. The molecule has 2 heterocycles. The number of carbonyl (C=O) groups is 1. The van der Waals surface area contributed by atoms with Crippen LogP contribution in [0.1, 0.15) is 61.3 Å². The molecule has 6 heteroatoms. The molecule has 1 spiro atoms. The largest absolute Gasteiger partial charge is 0.490 e. The van der Waals surface area contributed by atoms with Crippen LogP contribution in [0.15, 0.2) is 11.5 Å². The van der Waals surface area contributed by atoms with Crippen LogP contribution in [0.2, 0.25) is 0 Å². The number of amides is 1. The first-order valence-corrected chi connectivity index (χ1v) is 8.89. The van der Waals surface area contributed by atoms with E-state index in [-0.39, 0.29) is 29.8 Å². The maximum atomic E-state index is 12.4. The van der Waals surface area contributed by atoms with Crippen LogP contribution in [0, 0.1) is 5.41 Å². The summed E-state index contributed by atoms with van der Waals surface area (Å²) in [5.74, 6) is 0. The molecule has 3 aliphatic rings. The number of carbonyl (C=O) groups excluding carboxylic acids is 1. The van der Waals surface area contributed by atoms with Crippen LogP contribution in [0.3, 0.4) is 0 Å². The highest BCUT2D eigenvalue weighted by atomic mass is 16.7. The van der Waals surface area contributed by atoms with Gasteiger partial charge in [-0.1, -0.05) is 19.9 Å². The maximum absolute atomic E-state index is 12.4. The molecule has 0 radical (unpaired) electrons. The van der Waals surface area contributed by atoms with Crippen molar-refractivity contribution in [2.24, 2.45) is 5.41 Å². The molecule has 0 atom stereocenters. The zero-order valence-corrected chi connectivity index (χ0v) is 16.1. The normalized spacial score (nSPS) is 27.2. The fourth-order valence-corrected chi connectivity index (χ4v) is 3.70. The first-order chi connectivity index (χ1) is 10.9. The Morgan fingerprint density at radius 2 is 1.83 bits per heavy atom. The SMILES string of the molecule is CC(C)(C)OC(=O)N1CC=C(B2OC(C)(C)C3(CC3)O2)C(C)(C)C1. The highest BCUT2D eigenvalue weighted by molar-refractivity contribution is 6.55. The van der Waals surface area contributed by atoms with Gasteiger partial charge in [-0.2, -0.15) is 0 Å². The third-order valence-electron chi connectivity index (χ3n) is 5.34. The molecule has 24 heavy (non-hydrogen) atoms. The lowest BCUT2D eigenvalue weighted by atomic mass is 9.62. The lowest BCUT2D eigenvalue weighted by Crippen LogP contribution is -2.48. The molecule has 1 amide bonds. The van der Waals surface area contributed by atoms with E-state index in [4.69, 9.17) is 14.0 Å². The van der Waals surface area contributed by atoms with Crippen LogP contribution in [-0.4, -0.2) is 48.0 Å². The smallest absolute Gasteiger partial charge is 0.444 e. The Labute approximate surface area is 145 Å². The number of hydrogen-bond donors (Lipinski definition) is 0.